The molecular formula is C9H16N4O2. The third-order valence-electron chi connectivity index (χ3n) is 1.65. The fraction of sp³-hybridized carbons (Fsp3) is 0.556. The van der Waals surface area contributed by atoms with Crippen LogP contribution in [0.1, 0.15) is 20.3 Å². The van der Waals surface area contributed by atoms with E-state index >= 15 is 0 Å². The van der Waals surface area contributed by atoms with Crippen molar-refractivity contribution in [1.29, 1.82) is 0 Å². The molecule has 1 heterocycles. The van der Waals surface area contributed by atoms with Gasteiger partial charge in [0.25, 0.3) is 0 Å². The topological polar surface area (TPSA) is 79.3 Å². The molecule has 6 heteroatoms. The van der Waals surface area contributed by atoms with Gasteiger partial charge in [0.05, 0.1) is 6.61 Å². The van der Waals surface area contributed by atoms with Crippen molar-refractivity contribution in [2.75, 3.05) is 23.9 Å². The van der Waals surface area contributed by atoms with Gasteiger partial charge in [0, 0.05) is 12.6 Å². The second-order valence-corrected chi connectivity index (χ2v) is 2.89. The fourth-order valence-corrected chi connectivity index (χ4v) is 1.02. The summed E-state index contributed by atoms with van der Waals surface area (Å²) in [6.45, 7) is 5.21. The third-order valence-corrected chi connectivity index (χ3v) is 1.65. The van der Waals surface area contributed by atoms with Crippen molar-refractivity contribution in [2.45, 2.75) is 20.3 Å². The molecule has 15 heavy (non-hydrogen) atoms. The molecule has 0 saturated heterocycles. The van der Waals surface area contributed by atoms with Crippen molar-refractivity contribution in [3.63, 3.8) is 0 Å². The summed E-state index contributed by atoms with van der Waals surface area (Å²) in [7, 11) is 0. The Hall–Kier alpha value is -1.56. The highest BCUT2D eigenvalue weighted by Gasteiger charge is 2.03. The molecule has 0 unspecified atom stereocenters. The van der Waals surface area contributed by atoms with E-state index in [1.54, 1.807) is 6.07 Å². The Morgan fingerprint density at radius 3 is 2.67 bits per heavy atom. The summed E-state index contributed by atoms with van der Waals surface area (Å²) < 4.78 is 5.16. The molecule has 1 aromatic heterocycles. The molecule has 6 nitrogen and oxygen atoms in total. The van der Waals surface area contributed by atoms with Crippen molar-refractivity contribution in [2.24, 2.45) is 0 Å². The lowest BCUT2D eigenvalue weighted by atomic mass is 10.4. The highest BCUT2D eigenvalue weighted by molar-refractivity contribution is 5.47. The second kappa shape index (κ2) is 6.02. The molecular weight excluding hydrogens is 196 g/mol. The maximum Gasteiger partial charge on any atom is 0.320 e. The maximum atomic E-state index is 8.76. The molecule has 0 saturated carbocycles. The Bertz CT molecular complexity index is 306. The number of ether oxygens (including phenoxy) is 1. The zero-order valence-electron chi connectivity index (χ0n) is 8.95. The van der Waals surface area contributed by atoms with Gasteiger partial charge < -0.3 is 10.1 Å². The van der Waals surface area contributed by atoms with Gasteiger partial charge in [-0.25, -0.2) is 0 Å². The highest BCUT2D eigenvalue weighted by Crippen LogP contribution is 2.14. The summed E-state index contributed by atoms with van der Waals surface area (Å²) in [5.74, 6) is 0.943. The minimum atomic E-state index is 0.246. The van der Waals surface area contributed by atoms with Crippen LogP contribution in [0.3, 0.4) is 0 Å². The quantitative estimate of drug-likeness (QED) is 0.620. The van der Waals surface area contributed by atoms with Gasteiger partial charge in [0.2, 0.25) is 0 Å². The van der Waals surface area contributed by atoms with Crippen LogP contribution in [0.4, 0.5) is 11.6 Å². The average Bonchev–Trinajstić information content (AvgIpc) is 2.26. The molecule has 0 amide bonds. The first kappa shape index (κ1) is 11.5. The largest absolute Gasteiger partial charge is 0.464 e. The number of aromatic nitrogens is 2. The minimum absolute atomic E-state index is 0.246. The van der Waals surface area contributed by atoms with Crippen molar-refractivity contribution in [3.05, 3.63) is 6.07 Å². The first-order valence-electron chi connectivity index (χ1n) is 4.96. The number of nitrogens with one attached hydrogen (secondary N) is 2. The van der Waals surface area contributed by atoms with Crippen LogP contribution in [0.5, 0.6) is 6.01 Å². The Balaban J connectivity index is 2.79. The van der Waals surface area contributed by atoms with Gasteiger partial charge in [0.15, 0.2) is 5.82 Å². The molecule has 84 valence electrons. The highest BCUT2D eigenvalue weighted by atomic mass is 16.5. The third kappa shape index (κ3) is 3.59. The molecule has 0 spiro atoms. The van der Waals surface area contributed by atoms with Crippen LogP contribution in [0.25, 0.3) is 0 Å². The van der Waals surface area contributed by atoms with Gasteiger partial charge in [-0.15, -0.1) is 0 Å². The van der Waals surface area contributed by atoms with E-state index < -0.39 is 0 Å². The van der Waals surface area contributed by atoms with Crippen molar-refractivity contribution >= 4 is 11.6 Å². The summed E-state index contributed by atoms with van der Waals surface area (Å²) >= 11 is 0. The normalized spacial score (nSPS) is 9.80. The van der Waals surface area contributed by atoms with E-state index in [0.29, 0.717) is 18.2 Å². The molecule has 0 aliphatic heterocycles. The van der Waals surface area contributed by atoms with Gasteiger partial charge in [0.1, 0.15) is 5.82 Å². The Morgan fingerprint density at radius 2 is 2.07 bits per heavy atom. The molecule has 0 aliphatic rings. The number of anilines is 2. The molecule has 0 aliphatic carbocycles. The van der Waals surface area contributed by atoms with Crippen molar-refractivity contribution in [1.82, 2.24) is 9.97 Å². The van der Waals surface area contributed by atoms with Crippen LogP contribution in [0.15, 0.2) is 6.07 Å². The zero-order chi connectivity index (χ0) is 11.1. The Labute approximate surface area is 88.7 Å². The predicted octanol–water partition coefficient (Wildman–Crippen LogP) is 1.50. The van der Waals surface area contributed by atoms with Crippen LogP contribution >= 0.6 is 0 Å². The van der Waals surface area contributed by atoms with Crippen LogP contribution in [0, 0.1) is 0 Å². The molecule has 0 aromatic carbocycles. The van der Waals surface area contributed by atoms with Crippen molar-refractivity contribution < 1.29 is 9.94 Å². The second-order valence-electron chi connectivity index (χ2n) is 2.89. The zero-order valence-corrected chi connectivity index (χ0v) is 8.95. The van der Waals surface area contributed by atoms with Gasteiger partial charge in [-0.2, -0.15) is 9.97 Å². The van der Waals surface area contributed by atoms with E-state index in [1.165, 1.54) is 0 Å². The SMILES string of the molecule is CCCNc1cc(NO)nc(OCC)n1. The van der Waals surface area contributed by atoms with E-state index in [9.17, 15) is 0 Å². The number of hydrogen-bond acceptors (Lipinski definition) is 6. The van der Waals surface area contributed by atoms with E-state index in [4.69, 9.17) is 9.94 Å². The molecule has 3 N–H and O–H groups in total. The summed E-state index contributed by atoms with van der Waals surface area (Å²) in [6.07, 6.45) is 0.996. The lowest BCUT2D eigenvalue weighted by Gasteiger charge is -2.08. The van der Waals surface area contributed by atoms with E-state index in [1.807, 2.05) is 12.4 Å². The molecule has 1 rings (SSSR count). The standard InChI is InChI=1S/C9H16N4O2/c1-3-5-10-7-6-8(13-14)12-9(11-7)15-4-2/h6,14H,3-5H2,1-2H3,(H2,10,11,12,13). The molecule has 0 bridgehead atoms. The van der Waals surface area contributed by atoms with Crippen molar-refractivity contribution in [3.8, 4) is 6.01 Å². The lowest BCUT2D eigenvalue weighted by molar-refractivity contribution is 0.311. The Kier molecular flexibility index (Phi) is 4.62. The number of rotatable bonds is 6. The van der Waals surface area contributed by atoms with Gasteiger partial charge >= 0.3 is 6.01 Å². The summed E-state index contributed by atoms with van der Waals surface area (Å²) in [4.78, 5) is 8.03. The summed E-state index contributed by atoms with van der Waals surface area (Å²) in [6, 6.07) is 1.85. The number of nitrogens with zero attached hydrogens (tertiary/aromatic N) is 2. The van der Waals surface area contributed by atoms with Crippen LogP contribution in [-0.4, -0.2) is 28.3 Å². The van der Waals surface area contributed by atoms with E-state index in [0.717, 1.165) is 13.0 Å². The van der Waals surface area contributed by atoms with E-state index in [-0.39, 0.29) is 6.01 Å². The minimum Gasteiger partial charge on any atom is -0.464 e. The maximum absolute atomic E-state index is 8.76. The molecule has 1 aromatic rings. The van der Waals surface area contributed by atoms with Gasteiger partial charge in [-0.05, 0) is 13.3 Å². The van der Waals surface area contributed by atoms with Gasteiger partial charge in [-0.3, -0.25) is 10.7 Å². The van der Waals surface area contributed by atoms with Crippen LogP contribution < -0.4 is 15.5 Å². The number of hydrogen-bond donors (Lipinski definition) is 3. The smallest absolute Gasteiger partial charge is 0.320 e. The Morgan fingerprint density at radius 1 is 1.33 bits per heavy atom. The molecule has 0 atom stereocenters. The summed E-state index contributed by atoms with van der Waals surface area (Å²) in [5.41, 5.74) is 1.97. The lowest BCUT2D eigenvalue weighted by Crippen LogP contribution is -2.07. The van der Waals surface area contributed by atoms with Crippen LogP contribution in [-0.2, 0) is 0 Å². The van der Waals surface area contributed by atoms with Crippen LogP contribution in [0.2, 0.25) is 0 Å². The fourth-order valence-electron chi connectivity index (χ4n) is 1.02. The molecule has 0 fully saturated rings. The predicted molar refractivity (Wildman–Crippen MR) is 57.4 cm³/mol. The summed E-state index contributed by atoms with van der Waals surface area (Å²) in [5, 5.41) is 11.8. The van der Waals surface area contributed by atoms with Gasteiger partial charge in [-0.1, -0.05) is 6.92 Å². The first-order chi connectivity index (χ1) is 7.30. The monoisotopic (exact) mass is 212 g/mol. The first-order valence-corrected chi connectivity index (χ1v) is 4.96. The van der Waals surface area contributed by atoms with E-state index in [2.05, 4.69) is 22.2 Å². The molecule has 0 radical (unpaired) electrons. The average molecular weight is 212 g/mol.